The zero-order valence-electron chi connectivity index (χ0n) is 19.1. The molecule has 1 aliphatic rings. The minimum atomic E-state index is -3.61. The standard InChI is InChI=1S/C24H29N3O5S/c1-24(2,3)18-8-4-5-9-19(18)25-22(28)12-15-27-20-11-10-17(16-21(20)32-23(27)29)33(30,31)26-13-6-7-14-26/h4-5,8-11,16H,6-7,12-15H2,1-3H3,(H,25,28). The molecule has 8 nitrogen and oxygen atoms in total. The van der Waals surface area contributed by atoms with Crippen LogP contribution in [0.15, 0.2) is 56.6 Å². The van der Waals surface area contributed by atoms with Gasteiger partial charge in [-0.15, -0.1) is 0 Å². The lowest BCUT2D eigenvalue weighted by Gasteiger charge is -2.23. The van der Waals surface area contributed by atoms with E-state index < -0.39 is 15.8 Å². The molecule has 0 unspecified atom stereocenters. The van der Waals surface area contributed by atoms with Gasteiger partial charge in [-0.05, 0) is 42.0 Å². The van der Waals surface area contributed by atoms with Crippen molar-refractivity contribution in [1.82, 2.24) is 8.87 Å². The highest BCUT2D eigenvalue weighted by atomic mass is 32.2. The number of anilines is 1. The van der Waals surface area contributed by atoms with E-state index in [0.717, 1.165) is 24.1 Å². The Balaban J connectivity index is 1.51. The number of sulfonamides is 1. The van der Waals surface area contributed by atoms with E-state index in [1.54, 1.807) is 6.07 Å². The van der Waals surface area contributed by atoms with Crippen LogP contribution in [0, 0.1) is 0 Å². The van der Waals surface area contributed by atoms with Crippen molar-refractivity contribution in [1.29, 1.82) is 0 Å². The summed E-state index contributed by atoms with van der Waals surface area (Å²) < 4.78 is 33.7. The third kappa shape index (κ3) is 4.74. The van der Waals surface area contributed by atoms with E-state index in [4.69, 9.17) is 4.42 Å². The molecule has 176 valence electrons. The summed E-state index contributed by atoms with van der Waals surface area (Å²) in [6.07, 6.45) is 1.76. The SMILES string of the molecule is CC(C)(C)c1ccccc1NC(=O)CCn1c(=O)oc2cc(S(=O)(=O)N3CCCC3)ccc21. The molecule has 0 aliphatic carbocycles. The summed E-state index contributed by atoms with van der Waals surface area (Å²) in [5.41, 5.74) is 2.29. The molecule has 1 aromatic heterocycles. The van der Waals surface area contributed by atoms with Gasteiger partial charge in [0.2, 0.25) is 15.9 Å². The van der Waals surface area contributed by atoms with Crippen LogP contribution in [0.25, 0.3) is 11.1 Å². The average Bonchev–Trinajstić information content (AvgIpc) is 3.39. The number of para-hydroxylation sites is 1. The predicted molar refractivity (Wildman–Crippen MR) is 127 cm³/mol. The number of aromatic nitrogens is 1. The number of oxazole rings is 1. The van der Waals surface area contributed by atoms with E-state index in [1.165, 1.54) is 21.0 Å². The van der Waals surface area contributed by atoms with Gasteiger partial charge >= 0.3 is 5.76 Å². The van der Waals surface area contributed by atoms with Crippen LogP contribution in [-0.4, -0.2) is 36.3 Å². The quantitative estimate of drug-likeness (QED) is 0.591. The number of amides is 1. The van der Waals surface area contributed by atoms with E-state index in [2.05, 4.69) is 26.1 Å². The minimum Gasteiger partial charge on any atom is -0.408 e. The fourth-order valence-corrected chi connectivity index (χ4v) is 5.70. The molecule has 0 bridgehead atoms. The van der Waals surface area contributed by atoms with E-state index in [9.17, 15) is 18.0 Å². The second kappa shape index (κ2) is 8.79. The van der Waals surface area contributed by atoms with Crippen LogP contribution in [0.3, 0.4) is 0 Å². The molecular weight excluding hydrogens is 442 g/mol. The van der Waals surface area contributed by atoms with Crippen LogP contribution < -0.4 is 11.1 Å². The molecule has 1 fully saturated rings. The van der Waals surface area contributed by atoms with Gasteiger partial charge in [0.1, 0.15) is 0 Å². The Labute approximate surface area is 193 Å². The lowest BCUT2D eigenvalue weighted by atomic mass is 9.86. The first-order chi connectivity index (χ1) is 15.6. The number of aryl methyl sites for hydroxylation is 1. The van der Waals surface area contributed by atoms with Gasteiger partial charge in [-0.25, -0.2) is 13.2 Å². The van der Waals surface area contributed by atoms with E-state index in [0.29, 0.717) is 18.6 Å². The number of carbonyl (C=O) groups excluding carboxylic acids is 1. The molecule has 9 heteroatoms. The Morgan fingerprint density at radius 3 is 2.48 bits per heavy atom. The summed E-state index contributed by atoms with van der Waals surface area (Å²) >= 11 is 0. The maximum atomic E-state index is 12.8. The first kappa shape index (κ1) is 23.3. The zero-order valence-corrected chi connectivity index (χ0v) is 19.9. The lowest BCUT2D eigenvalue weighted by Crippen LogP contribution is -2.27. The Morgan fingerprint density at radius 1 is 1.09 bits per heavy atom. The molecule has 0 radical (unpaired) electrons. The van der Waals surface area contributed by atoms with Gasteiger partial charge in [0.25, 0.3) is 0 Å². The van der Waals surface area contributed by atoms with Gasteiger partial charge < -0.3 is 9.73 Å². The smallest absolute Gasteiger partial charge is 0.408 e. The van der Waals surface area contributed by atoms with Crippen LogP contribution >= 0.6 is 0 Å². The van der Waals surface area contributed by atoms with Gasteiger partial charge in [0.15, 0.2) is 5.58 Å². The van der Waals surface area contributed by atoms with Crippen LogP contribution in [0.4, 0.5) is 5.69 Å². The molecule has 2 heterocycles. The largest absolute Gasteiger partial charge is 0.419 e. The van der Waals surface area contributed by atoms with Crippen LogP contribution in [0.1, 0.15) is 45.6 Å². The van der Waals surface area contributed by atoms with Crippen LogP contribution in [0.2, 0.25) is 0 Å². The van der Waals surface area contributed by atoms with Crippen LogP contribution in [0.5, 0.6) is 0 Å². The lowest BCUT2D eigenvalue weighted by molar-refractivity contribution is -0.116. The summed E-state index contributed by atoms with van der Waals surface area (Å²) in [5, 5.41) is 2.94. The summed E-state index contributed by atoms with van der Waals surface area (Å²) in [4.78, 5) is 25.1. The third-order valence-corrected chi connectivity index (χ3v) is 7.81. The van der Waals surface area contributed by atoms with E-state index in [1.807, 2.05) is 24.3 Å². The Hall–Kier alpha value is -2.91. The number of rotatable bonds is 6. The van der Waals surface area contributed by atoms with Crippen molar-refractivity contribution in [2.45, 2.75) is 56.9 Å². The highest BCUT2D eigenvalue weighted by Gasteiger charge is 2.28. The summed E-state index contributed by atoms with van der Waals surface area (Å²) in [7, 11) is -3.61. The monoisotopic (exact) mass is 471 g/mol. The number of hydrogen-bond acceptors (Lipinski definition) is 5. The average molecular weight is 472 g/mol. The van der Waals surface area contributed by atoms with Crippen LogP contribution in [-0.2, 0) is 26.8 Å². The fraction of sp³-hybridized carbons (Fsp3) is 0.417. The van der Waals surface area contributed by atoms with Gasteiger partial charge in [0.05, 0.1) is 10.4 Å². The third-order valence-electron chi connectivity index (χ3n) is 5.91. The van der Waals surface area contributed by atoms with Gasteiger partial charge in [0, 0.05) is 37.8 Å². The number of fused-ring (bicyclic) bond motifs is 1. The second-order valence-electron chi connectivity index (χ2n) is 9.35. The van der Waals surface area contributed by atoms with Crippen molar-refractivity contribution in [3.05, 3.63) is 58.6 Å². The Bertz CT molecular complexity index is 1340. The number of nitrogens with zero attached hydrogens (tertiary/aromatic N) is 2. The molecule has 2 aromatic carbocycles. The molecule has 1 amide bonds. The minimum absolute atomic E-state index is 0.0703. The molecule has 0 saturated carbocycles. The second-order valence-corrected chi connectivity index (χ2v) is 11.3. The van der Waals surface area contributed by atoms with Gasteiger partial charge in [-0.2, -0.15) is 4.31 Å². The first-order valence-electron chi connectivity index (χ1n) is 11.1. The molecule has 0 atom stereocenters. The van der Waals surface area contributed by atoms with Crippen molar-refractivity contribution < 1.29 is 17.6 Å². The Morgan fingerprint density at radius 2 is 1.79 bits per heavy atom. The number of nitrogens with one attached hydrogen (secondary N) is 1. The molecule has 33 heavy (non-hydrogen) atoms. The molecule has 3 aromatic rings. The number of carbonyl (C=O) groups is 1. The maximum Gasteiger partial charge on any atom is 0.419 e. The molecular formula is C24H29N3O5S. The fourth-order valence-electron chi connectivity index (χ4n) is 4.17. The molecule has 1 N–H and O–H groups in total. The van der Waals surface area contributed by atoms with Crippen molar-refractivity contribution in [2.24, 2.45) is 0 Å². The van der Waals surface area contributed by atoms with Gasteiger partial charge in [-0.3, -0.25) is 9.36 Å². The first-order valence-corrected chi connectivity index (χ1v) is 12.5. The van der Waals surface area contributed by atoms with E-state index >= 15 is 0 Å². The van der Waals surface area contributed by atoms with Crippen molar-refractivity contribution in [3.8, 4) is 0 Å². The molecule has 1 aliphatic heterocycles. The normalized spacial score (nSPS) is 15.2. The topological polar surface area (TPSA) is 102 Å². The number of hydrogen-bond donors (Lipinski definition) is 1. The zero-order chi connectivity index (χ0) is 23.8. The molecule has 4 rings (SSSR count). The summed E-state index contributed by atoms with van der Waals surface area (Å²) in [6, 6.07) is 12.1. The highest BCUT2D eigenvalue weighted by Crippen LogP contribution is 2.29. The summed E-state index contributed by atoms with van der Waals surface area (Å²) in [5.74, 6) is -0.843. The summed E-state index contributed by atoms with van der Waals surface area (Å²) in [6.45, 7) is 7.35. The molecule has 0 spiro atoms. The van der Waals surface area contributed by atoms with Crippen molar-refractivity contribution >= 4 is 32.7 Å². The maximum absolute atomic E-state index is 12.8. The van der Waals surface area contributed by atoms with Crippen molar-refractivity contribution in [3.63, 3.8) is 0 Å². The molecule has 1 saturated heterocycles. The van der Waals surface area contributed by atoms with E-state index in [-0.39, 0.29) is 34.8 Å². The van der Waals surface area contributed by atoms with Crippen molar-refractivity contribution in [2.75, 3.05) is 18.4 Å². The predicted octanol–water partition coefficient (Wildman–Crippen LogP) is 3.71. The van der Waals surface area contributed by atoms with Gasteiger partial charge in [-0.1, -0.05) is 39.0 Å². The highest BCUT2D eigenvalue weighted by molar-refractivity contribution is 7.89. The number of benzene rings is 2. The Kier molecular flexibility index (Phi) is 6.20.